The predicted octanol–water partition coefficient (Wildman–Crippen LogP) is 0.797. The van der Waals surface area contributed by atoms with Crippen LogP contribution in [0.15, 0.2) is 12.8 Å². The number of hydrogen-bond donors (Lipinski definition) is 0. The van der Waals surface area contributed by atoms with Crippen molar-refractivity contribution in [1.82, 2.24) is 4.90 Å². The molecule has 0 aliphatic carbocycles. The molecule has 0 aromatic carbocycles. The molecular formula is C15H23NO7. The van der Waals surface area contributed by atoms with Crippen LogP contribution >= 0.6 is 0 Å². The zero-order chi connectivity index (χ0) is 17.8. The van der Waals surface area contributed by atoms with Crippen molar-refractivity contribution in [3.05, 3.63) is 12.8 Å². The second-order valence-electron chi connectivity index (χ2n) is 4.71. The van der Waals surface area contributed by atoms with Gasteiger partial charge in [-0.15, -0.1) is 0 Å². The molecule has 0 aromatic rings. The van der Waals surface area contributed by atoms with E-state index >= 15 is 0 Å². The van der Waals surface area contributed by atoms with Gasteiger partial charge >= 0.3 is 17.9 Å². The maximum absolute atomic E-state index is 10.7. The van der Waals surface area contributed by atoms with Gasteiger partial charge in [-0.3, -0.25) is 19.2 Å². The van der Waals surface area contributed by atoms with Crippen LogP contribution in [-0.2, 0) is 33.4 Å². The van der Waals surface area contributed by atoms with Crippen LogP contribution in [0.5, 0.6) is 0 Å². The molecule has 1 fully saturated rings. The molecule has 1 saturated heterocycles. The van der Waals surface area contributed by atoms with Gasteiger partial charge in [0.15, 0.2) is 6.10 Å². The summed E-state index contributed by atoms with van der Waals surface area (Å²) < 4.78 is 14.0. The summed E-state index contributed by atoms with van der Waals surface area (Å²) in [7, 11) is 0. The van der Waals surface area contributed by atoms with Crippen LogP contribution in [-0.4, -0.2) is 54.6 Å². The van der Waals surface area contributed by atoms with E-state index in [4.69, 9.17) is 4.74 Å². The lowest BCUT2D eigenvalue weighted by Crippen LogP contribution is -2.29. The van der Waals surface area contributed by atoms with Gasteiger partial charge in [0.2, 0.25) is 5.91 Å². The Kier molecular flexibility index (Phi) is 10.1. The Morgan fingerprint density at radius 3 is 1.91 bits per heavy atom. The van der Waals surface area contributed by atoms with Crippen molar-refractivity contribution in [2.75, 3.05) is 19.8 Å². The average Bonchev–Trinajstić information content (AvgIpc) is 2.87. The first-order valence-electron chi connectivity index (χ1n) is 7.12. The fourth-order valence-electron chi connectivity index (χ4n) is 1.63. The average molecular weight is 329 g/mol. The van der Waals surface area contributed by atoms with Crippen molar-refractivity contribution in [2.45, 2.75) is 39.7 Å². The summed E-state index contributed by atoms with van der Waals surface area (Å²) in [6.07, 6.45) is 2.53. The number of rotatable bonds is 6. The quantitative estimate of drug-likeness (QED) is 0.525. The van der Waals surface area contributed by atoms with E-state index in [0.29, 0.717) is 6.42 Å². The molecular weight excluding hydrogens is 306 g/mol. The normalized spacial score (nSPS) is 13.0. The van der Waals surface area contributed by atoms with Crippen LogP contribution in [0, 0.1) is 0 Å². The van der Waals surface area contributed by atoms with Crippen LogP contribution in [0.4, 0.5) is 0 Å². The number of carbonyl (C=O) groups is 4. The van der Waals surface area contributed by atoms with Crippen molar-refractivity contribution in [1.29, 1.82) is 0 Å². The van der Waals surface area contributed by atoms with Crippen LogP contribution in [0.25, 0.3) is 0 Å². The number of ether oxygens (including phenoxy) is 3. The van der Waals surface area contributed by atoms with Crippen LogP contribution in [0.2, 0.25) is 0 Å². The molecule has 1 amide bonds. The first-order chi connectivity index (χ1) is 10.8. The molecule has 1 rings (SSSR count). The Balaban J connectivity index is 0.000000502. The molecule has 130 valence electrons. The summed E-state index contributed by atoms with van der Waals surface area (Å²) in [4.78, 5) is 44.0. The van der Waals surface area contributed by atoms with E-state index in [2.05, 4.69) is 16.1 Å². The van der Waals surface area contributed by atoms with Crippen molar-refractivity contribution in [3.8, 4) is 0 Å². The van der Waals surface area contributed by atoms with Gasteiger partial charge in [0, 0.05) is 33.7 Å². The lowest BCUT2D eigenvalue weighted by Gasteiger charge is -2.15. The molecule has 0 unspecified atom stereocenters. The Labute approximate surface area is 135 Å². The maximum atomic E-state index is 10.7. The van der Waals surface area contributed by atoms with E-state index in [-0.39, 0.29) is 19.1 Å². The molecule has 0 atom stereocenters. The fraction of sp³-hybridized carbons (Fsp3) is 0.600. The summed E-state index contributed by atoms with van der Waals surface area (Å²) in [6, 6.07) is 0. The maximum Gasteiger partial charge on any atom is 0.303 e. The van der Waals surface area contributed by atoms with Gasteiger partial charge < -0.3 is 19.1 Å². The summed E-state index contributed by atoms with van der Waals surface area (Å²) in [5, 5.41) is 0. The monoisotopic (exact) mass is 329 g/mol. The molecule has 0 saturated carbocycles. The Morgan fingerprint density at radius 1 is 1.13 bits per heavy atom. The van der Waals surface area contributed by atoms with Gasteiger partial charge in [0.25, 0.3) is 0 Å². The SMILES string of the molecule is C=CN1CCCC1=O.CC(=O)OCC(COC(C)=O)OC(C)=O. The molecule has 0 aromatic heterocycles. The fourth-order valence-corrected chi connectivity index (χ4v) is 1.63. The summed E-state index contributed by atoms with van der Waals surface area (Å²) in [5.74, 6) is -1.30. The molecule has 0 spiro atoms. The van der Waals surface area contributed by atoms with Crippen molar-refractivity contribution < 1.29 is 33.4 Å². The summed E-state index contributed by atoms with van der Waals surface area (Å²) >= 11 is 0. The van der Waals surface area contributed by atoms with Crippen LogP contribution in [0.3, 0.4) is 0 Å². The number of hydrogen-bond acceptors (Lipinski definition) is 7. The van der Waals surface area contributed by atoms with Gasteiger partial charge in [-0.25, -0.2) is 0 Å². The van der Waals surface area contributed by atoms with Crippen molar-refractivity contribution in [2.24, 2.45) is 0 Å². The Hall–Kier alpha value is -2.38. The van der Waals surface area contributed by atoms with Gasteiger partial charge in [-0.05, 0) is 12.6 Å². The molecule has 0 bridgehead atoms. The first-order valence-corrected chi connectivity index (χ1v) is 7.12. The summed E-state index contributed by atoms with van der Waals surface area (Å²) in [5.41, 5.74) is 0. The second-order valence-corrected chi connectivity index (χ2v) is 4.71. The van der Waals surface area contributed by atoms with E-state index in [1.807, 2.05) is 0 Å². The molecule has 1 aliphatic rings. The van der Waals surface area contributed by atoms with Crippen molar-refractivity contribution >= 4 is 23.8 Å². The highest BCUT2D eigenvalue weighted by Crippen LogP contribution is 2.08. The first kappa shape index (κ1) is 20.6. The van der Waals surface area contributed by atoms with Crippen molar-refractivity contribution in [3.63, 3.8) is 0 Å². The number of amides is 1. The Morgan fingerprint density at radius 2 is 1.65 bits per heavy atom. The highest BCUT2D eigenvalue weighted by atomic mass is 16.6. The molecule has 8 heteroatoms. The lowest BCUT2D eigenvalue weighted by atomic mass is 10.4. The zero-order valence-electron chi connectivity index (χ0n) is 13.7. The number of esters is 3. The van der Waals surface area contributed by atoms with Gasteiger partial charge in [0.1, 0.15) is 13.2 Å². The standard InChI is InChI=1S/C9H14O6.C6H9NO/c1-6(10)13-4-9(15-8(3)12)5-14-7(2)11;1-2-7-5-3-4-6(7)8/h9H,4-5H2,1-3H3;2H,1,3-5H2. The van der Waals surface area contributed by atoms with E-state index < -0.39 is 24.0 Å². The highest BCUT2D eigenvalue weighted by Gasteiger charge is 2.16. The lowest BCUT2D eigenvalue weighted by molar-refractivity contribution is -0.163. The largest absolute Gasteiger partial charge is 0.462 e. The smallest absolute Gasteiger partial charge is 0.303 e. The van der Waals surface area contributed by atoms with Gasteiger partial charge in [-0.1, -0.05) is 6.58 Å². The minimum absolute atomic E-state index is 0.123. The number of carbonyl (C=O) groups excluding carboxylic acids is 4. The van der Waals surface area contributed by atoms with Gasteiger partial charge in [0.05, 0.1) is 0 Å². The molecule has 23 heavy (non-hydrogen) atoms. The third-order valence-corrected chi connectivity index (χ3v) is 2.61. The number of nitrogens with zero attached hydrogens (tertiary/aromatic N) is 1. The van der Waals surface area contributed by atoms with E-state index in [1.165, 1.54) is 20.8 Å². The topological polar surface area (TPSA) is 99.2 Å². The Bertz CT molecular complexity index is 429. The summed E-state index contributed by atoms with van der Waals surface area (Å²) in [6.45, 7) is 7.80. The molecule has 0 N–H and O–H groups in total. The molecule has 1 heterocycles. The molecule has 8 nitrogen and oxygen atoms in total. The second kappa shape index (κ2) is 11.2. The van der Waals surface area contributed by atoms with Gasteiger partial charge in [-0.2, -0.15) is 0 Å². The van der Waals surface area contributed by atoms with E-state index in [0.717, 1.165) is 13.0 Å². The third-order valence-electron chi connectivity index (χ3n) is 2.61. The third kappa shape index (κ3) is 10.9. The highest BCUT2D eigenvalue weighted by molar-refractivity contribution is 5.78. The van der Waals surface area contributed by atoms with E-state index in [9.17, 15) is 19.2 Å². The van der Waals surface area contributed by atoms with E-state index in [1.54, 1.807) is 11.1 Å². The zero-order valence-corrected chi connectivity index (χ0v) is 13.7. The minimum atomic E-state index is -0.754. The molecule has 0 radical (unpaired) electrons. The predicted molar refractivity (Wildman–Crippen MR) is 80.0 cm³/mol. The molecule has 1 aliphatic heterocycles. The van der Waals surface area contributed by atoms with Crippen LogP contribution in [0.1, 0.15) is 33.6 Å². The minimum Gasteiger partial charge on any atom is -0.462 e. The van der Waals surface area contributed by atoms with Crippen LogP contribution < -0.4 is 0 Å². The number of likely N-dealkylation sites (tertiary alicyclic amines) is 1.